The molecule has 28 heavy (non-hydrogen) atoms. The highest BCUT2D eigenvalue weighted by Crippen LogP contribution is 2.34. The third-order valence-electron chi connectivity index (χ3n) is 4.04. The lowest BCUT2D eigenvalue weighted by atomic mass is 9.95. The first-order valence-corrected chi connectivity index (χ1v) is 10.9. The standard InChI is InChI=1S/C19H24N4O3S2/c1-4-7-20-18-22-23-19(28-18)27-11-16(24)21-17(12(2)3)13-5-6-14-15(10-13)26-9-8-25-14/h4-6,10,12,17H,1,7-9,11H2,2-3H3,(H,20,22)(H,21,24)/t17-/m0/s1. The largest absolute Gasteiger partial charge is 0.486 e. The van der Waals surface area contributed by atoms with Gasteiger partial charge in [0.1, 0.15) is 13.2 Å². The highest BCUT2D eigenvalue weighted by Gasteiger charge is 2.21. The minimum absolute atomic E-state index is 0.0469. The average molecular weight is 421 g/mol. The zero-order valence-corrected chi connectivity index (χ0v) is 17.6. The molecule has 1 aromatic carbocycles. The molecule has 2 heterocycles. The van der Waals surface area contributed by atoms with E-state index in [4.69, 9.17) is 9.47 Å². The number of amides is 1. The van der Waals surface area contributed by atoms with Gasteiger partial charge in [-0.05, 0) is 23.6 Å². The second-order valence-corrected chi connectivity index (χ2v) is 8.72. The Hall–Kier alpha value is -2.26. The Morgan fingerprint density at radius 1 is 1.32 bits per heavy atom. The molecule has 1 amide bonds. The topological polar surface area (TPSA) is 85.4 Å². The van der Waals surface area contributed by atoms with Crippen molar-refractivity contribution in [3.05, 3.63) is 36.4 Å². The monoisotopic (exact) mass is 420 g/mol. The lowest BCUT2D eigenvalue weighted by Crippen LogP contribution is -2.33. The van der Waals surface area contributed by atoms with E-state index >= 15 is 0 Å². The lowest BCUT2D eigenvalue weighted by Gasteiger charge is -2.25. The number of thioether (sulfide) groups is 1. The molecule has 0 saturated heterocycles. The molecule has 2 N–H and O–H groups in total. The highest BCUT2D eigenvalue weighted by atomic mass is 32.2. The molecule has 7 nitrogen and oxygen atoms in total. The molecule has 0 aliphatic carbocycles. The first-order chi connectivity index (χ1) is 13.6. The summed E-state index contributed by atoms with van der Waals surface area (Å²) in [7, 11) is 0. The molecule has 0 unspecified atom stereocenters. The Morgan fingerprint density at radius 2 is 2.11 bits per heavy atom. The molecule has 0 saturated carbocycles. The van der Waals surface area contributed by atoms with E-state index in [0.29, 0.717) is 19.8 Å². The van der Waals surface area contributed by atoms with Crippen molar-refractivity contribution in [1.29, 1.82) is 0 Å². The number of hydrogen-bond donors (Lipinski definition) is 2. The maximum atomic E-state index is 12.5. The number of hydrogen-bond acceptors (Lipinski definition) is 8. The fourth-order valence-corrected chi connectivity index (χ4v) is 4.30. The number of nitrogens with one attached hydrogen (secondary N) is 2. The molecular weight excluding hydrogens is 396 g/mol. The molecule has 9 heteroatoms. The number of fused-ring (bicyclic) bond motifs is 1. The molecule has 2 aromatic rings. The number of ether oxygens (including phenoxy) is 2. The van der Waals surface area contributed by atoms with Crippen molar-refractivity contribution in [3.63, 3.8) is 0 Å². The average Bonchev–Trinajstić information content (AvgIpc) is 3.16. The van der Waals surface area contributed by atoms with Gasteiger partial charge in [-0.3, -0.25) is 4.79 Å². The maximum absolute atomic E-state index is 12.5. The van der Waals surface area contributed by atoms with Gasteiger partial charge in [-0.15, -0.1) is 16.8 Å². The normalized spacial score (nSPS) is 13.8. The van der Waals surface area contributed by atoms with Gasteiger partial charge in [-0.25, -0.2) is 0 Å². The Morgan fingerprint density at radius 3 is 2.86 bits per heavy atom. The number of carbonyl (C=O) groups is 1. The first-order valence-electron chi connectivity index (χ1n) is 9.07. The summed E-state index contributed by atoms with van der Waals surface area (Å²) < 4.78 is 12.0. The van der Waals surface area contributed by atoms with Gasteiger partial charge in [0.25, 0.3) is 0 Å². The van der Waals surface area contributed by atoms with Crippen LogP contribution in [0.2, 0.25) is 0 Å². The smallest absolute Gasteiger partial charge is 0.230 e. The lowest BCUT2D eigenvalue weighted by molar-refractivity contribution is -0.119. The minimum atomic E-state index is -0.108. The van der Waals surface area contributed by atoms with Gasteiger partial charge in [0.05, 0.1) is 11.8 Å². The van der Waals surface area contributed by atoms with Gasteiger partial charge in [0.15, 0.2) is 15.8 Å². The van der Waals surface area contributed by atoms with E-state index in [1.807, 2.05) is 18.2 Å². The number of rotatable bonds is 9. The first kappa shape index (κ1) is 20.5. The predicted molar refractivity (Wildman–Crippen MR) is 112 cm³/mol. The predicted octanol–water partition coefficient (Wildman–Crippen LogP) is 3.51. The van der Waals surface area contributed by atoms with Crippen LogP contribution in [0.25, 0.3) is 0 Å². The Labute approximate surface area is 172 Å². The van der Waals surface area contributed by atoms with E-state index in [1.165, 1.54) is 23.1 Å². The van der Waals surface area contributed by atoms with E-state index < -0.39 is 0 Å². The molecule has 0 spiro atoms. The van der Waals surface area contributed by atoms with Crippen LogP contribution in [-0.2, 0) is 4.79 Å². The summed E-state index contributed by atoms with van der Waals surface area (Å²) in [5.74, 6) is 1.94. The van der Waals surface area contributed by atoms with Gasteiger partial charge in [0.2, 0.25) is 11.0 Å². The van der Waals surface area contributed by atoms with Crippen molar-refractivity contribution in [3.8, 4) is 11.5 Å². The van der Waals surface area contributed by atoms with Crippen LogP contribution in [0.15, 0.2) is 35.2 Å². The van der Waals surface area contributed by atoms with Crippen LogP contribution in [-0.4, -0.2) is 41.6 Å². The van der Waals surface area contributed by atoms with Gasteiger partial charge >= 0.3 is 0 Å². The van der Waals surface area contributed by atoms with Crippen LogP contribution in [0.3, 0.4) is 0 Å². The van der Waals surface area contributed by atoms with Crippen LogP contribution in [0.4, 0.5) is 5.13 Å². The Kier molecular flexibility index (Phi) is 7.16. The van der Waals surface area contributed by atoms with Crippen molar-refractivity contribution >= 4 is 34.1 Å². The zero-order chi connectivity index (χ0) is 19.9. The van der Waals surface area contributed by atoms with E-state index in [9.17, 15) is 4.79 Å². The molecule has 0 radical (unpaired) electrons. The van der Waals surface area contributed by atoms with E-state index in [2.05, 4.69) is 41.3 Å². The second-order valence-electron chi connectivity index (χ2n) is 6.52. The third kappa shape index (κ3) is 5.39. The number of nitrogens with zero attached hydrogens (tertiary/aromatic N) is 2. The van der Waals surface area contributed by atoms with Crippen molar-refractivity contribution < 1.29 is 14.3 Å². The molecule has 1 aromatic heterocycles. The fraction of sp³-hybridized carbons (Fsp3) is 0.421. The SMILES string of the molecule is C=CCNc1nnc(SCC(=O)N[C@H](c2ccc3c(c2)OCCO3)C(C)C)s1. The summed E-state index contributed by atoms with van der Waals surface area (Å²) in [6, 6.07) is 5.73. The Bertz CT molecular complexity index is 825. The number of carbonyl (C=O) groups excluding carboxylic acids is 1. The molecule has 150 valence electrons. The molecule has 1 atom stereocenters. The van der Waals surface area contributed by atoms with Crippen LogP contribution < -0.4 is 20.1 Å². The summed E-state index contributed by atoms with van der Waals surface area (Å²) in [6.45, 7) is 9.54. The number of benzene rings is 1. The number of anilines is 1. The summed E-state index contributed by atoms with van der Waals surface area (Å²) in [5, 5.41) is 15.1. The molecule has 1 aliphatic rings. The van der Waals surface area contributed by atoms with E-state index in [-0.39, 0.29) is 23.6 Å². The fourth-order valence-electron chi connectivity index (χ4n) is 2.73. The molecule has 0 fully saturated rings. The van der Waals surface area contributed by atoms with Gasteiger partial charge < -0.3 is 20.1 Å². The van der Waals surface area contributed by atoms with Crippen LogP contribution in [0, 0.1) is 5.92 Å². The van der Waals surface area contributed by atoms with Crippen molar-refractivity contribution in [2.24, 2.45) is 5.92 Å². The van der Waals surface area contributed by atoms with Crippen LogP contribution >= 0.6 is 23.1 Å². The van der Waals surface area contributed by atoms with E-state index in [0.717, 1.165) is 26.5 Å². The summed E-state index contributed by atoms with van der Waals surface area (Å²) in [6.07, 6.45) is 1.76. The second kappa shape index (κ2) is 9.79. The van der Waals surface area contributed by atoms with Gasteiger partial charge in [-0.1, -0.05) is 49.1 Å². The number of aromatic nitrogens is 2. The van der Waals surface area contributed by atoms with Gasteiger partial charge in [0, 0.05) is 6.54 Å². The highest BCUT2D eigenvalue weighted by molar-refractivity contribution is 8.01. The van der Waals surface area contributed by atoms with Gasteiger partial charge in [-0.2, -0.15) is 0 Å². The maximum Gasteiger partial charge on any atom is 0.230 e. The van der Waals surface area contributed by atoms with Crippen LogP contribution in [0.5, 0.6) is 11.5 Å². The van der Waals surface area contributed by atoms with Crippen molar-refractivity contribution in [1.82, 2.24) is 15.5 Å². The molecular formula is C19H24N4O3S2. The minimum Gasteiger partial charge on any atom is -0.486 e. The summed E-state index contributed by atoms with van der Waals surface area (Å²) in [5.41, 5.74) is 1.00. The third-order valence-corrected chi connectivity index (χ3v) is 6.05. The summed E-state index contributed by atoms with van der Waals surface area (Å²) >= 11 is 2.80. The quantitative estimate of drug-likeness (QED) is 0.474. The van der Waals surface area contributed by atoms with Crippen molar-refractivity contribution in [2.45, 2.75) is 24.2 Å². The Balaban J connectivity index is 1.58. The van der Waals surface area contributed by atoms with E-state index in [1.54, 1.807) is 6.08 Å². The molecule has 0 bridgehead atoms. The molecule has 1 aliphatic heterocycles. The molecule has 3 rings (SSSR count). The van der Waals surface area contributed by atoms with Crippen LogP contribution in [0.1, 0.15) is 25.5 Å². The summed E-state index contributed by atoms with van der Waals surface area (Å²) in [4.78, 5) is 12.5. The zero-order valence-electron chi connectivity index (χ0n) is 15.9. The van der Waals surface area contributed by atoms with Crippen molar-refractivity contribution in [2.75, 3.05) is 30.8 Å².